The van der Waals surface area contributed by atoms with Crippen molar-refractivity contribution in [2.24, 2.45) is 0 Å². The highest BCUT2D eigenvalue weighted by atomic mass is 79.9. The number of ether oxygens (including phenoxy) is 1. The van der Waals surface area contributed by atoms with Crippen molar-refractivity contribution >= 4 is 26.8 Å². The zero-order valence-electron chi connectivity index (χ0n) is 7.36. The molecule has 0 aliphatic rings. The number of hydrogen-bond acceptors (Lipinski definition) is 4. The van der Waals surface area contributed by atoms with Crippen molar-refractivity contribution in [3.63, 3.8) is 0 Å². The molecule has 0 saturated carbocycles. The summed E-state index contributed by atoms with van der Waals surface area (Å²) in [6.07, 6.45) is 1.56. The van der Waals surface area contributed by atoms with Crippen LogP contribution in [0, 0.1) is 0 Å². The van der Waals surface area contributed by atoms with Crippen molar-refractivity contribution in [1.29, 1.82) is 0 Å². The number of rotatable bonds is 1. The van der Waals surface area contributed by atoms with E-state index in [1.165, 1.54) is 0 Å². The Kier molecular flexibility index (Phi) is 2.25. The maximum absolute atomic E-state index is 9.09. The Bertz CT molecular complexity index is 487. The summed E-state index contributed by atoms with van der Waals surface area (Å²) in [7, 11) is 1.58. The third-order valence-electron chi connectivity index (χ3n) is 1.84. The quantitative estimate of drug-likeness (QED) is 0.847. The highest BCUT2D eigenvalue weighted by Crippen LogP contribution is 2.29. The topological polar surface area (TPSA) is 55.2 Å². The fraction of sp³-hybridized carbons (Fsp3) is 0.111. The summed E-state index contributed by atoms with van der Waals surface area (Å²) in [5, 5.41) is 9.93. The van der Waals surface area contributed by atoms with Crippen LogP contribution in [0.5, 0.6) is 11.8 Å². The van der Waals surface area contributed by atoms with Crippen LogP contribution in [-0.4, -0.2) is 22.2 Å². The SMILES string of the molecule is COc1cc2nc(O)ncc2cc1Br. The summed E-state index contributed by atoms with van der Waals surface area (Å²) in [4.78, 5) is 7.56. The Morgan fingerprint density at radius 1 is 1.43 bits per heavy atom. The minimum atomic E-state index is -0.234. The van der Waals surface area contributed by atoms with Crippen LogP contribution in [0.1, 0.15) is 0 Å². The van der Waals surface area contributed by atoms with Gasteiger partial charge in [-0.2, -0.15) is 4.98 Å². The lowest BCUT2D eigenvalue weighted by molar-refractivity contribution is 0.412. The predicted octanol–water partition coefficient (Wildman–Crippen LogP) is 2.11. The summed E-state index contributed by atoms with van der Waals surface area (Å²) in [5.41, 5.74) is 0.651. The maximum Gasteiger partial charge on any atom is 0.314 e. The minimum Gasteiger partial charge on any atom is -0.495 e. The molecule has 0 atom stereocenters. The molecule has 0 aliphatic carbocycles. The number of nitrogens with zero attached hydrogens (tertiary/aromatic N) is 2. The van der Waals surface area contributed by atoms with Gasteiger partial charge in [-0.15, -0.1) is 0 Å². The van der Waals surface area contributed by atoms with Gasteiger partial charge in [0.2, 0.25) is 0 Å². The Balaban J connectivity index is 2.73. The van der Waals surface area contributed by atoms with E-state index in [4.69, 9.17) is 9.84 Å². The van der Waals surface area contributed by atoms with E-state index in [0.717, 1.165) is 9.86 Å². The second-order valence-corrected chi connectivity index (χ2v) is 3.57. The second kappa shape index (κ2) is 3.42. The zero-order valence-corrected chi connectivity index (χ0v) is 8.95. The number of methoxy groups -OCH3 is 1. The molecule has 0 radical (unpaired) electrons. The summed E-state index contributed by atoms with van der Waals surface area (Å²) < 4.78 is 5.94. The fourth-order valence-electron chi connectivity index (χ4n) is 1.18. The molecule has 4 nitrogen and oxygen atoms in total. The molecular formula is C9H7BrN2O2. The van der Waals surface area contributed by atoms with Crippen molar-refractivity contribution in [3.8, 4) is 11.8 Å². The molecule has 14 heavy (non-hydrogen) atoms. The van der Waals surface area contributed by atoms with Gasteiger partial charge in [-0.05, 0) is 22.0 Å². The lowest BCUT2D eigenvalue weighted by Gasteiger charge is -2.04. The first-order valence-corrected chi connectivity index (χ1v) is 4.69. The van der Waals surface area contributed by atoms with Crippen molar-refractivity contribution in [1.82, 2.24) is 9.97 Å². The van der Waals surface area contributed by atoms with Crippen LogP contribution >= 0.6 is 15.9 Å². The second-order valence-electron chi connectivity index (χ2n) is 2.72. The molecule has 2 rings (SSSR count). The van der Waals surface area contributed by atoms with Gasteiger partial charge in [0, 0.05) is 17.6 Å². The third-order valence-corrected chi connectivity index (χ3v) is 2.46. The monoisotopic (exact) mass is 254 g/mol. The molecular weight excluding hydrogens is 248 g/mol. The van der Waals surface area contributed by atoms with Crippen LogP contribution in [0.15, 0.2) is 22.8 Å². The molecule has 1 heterocycles. The molecule has 0 aliphatic heterocycles. The van der Waals surface area contributed by atoms with E-state index >= 15 is 0 Å². The van der Waals surface area contributed by atoms with Crippen molar-refractivity contribution in [2.45, 2.75) is 0 Å². The van der Waals surface area contributed by atoms with E-state index in [9.17, 15) is 0 Å². The van der Waals surface area contributed by atoms with Crippen LogP contribution in [0.3, 0.4) is 0 Å². The lowest BCUT2D eigenvalue weighted by atomic mass is 10.2. The molecule has 0 spiro atoms. The summed E-state index contributed by atoms with van der Waals surface area (Å²) in [6, 6.07) is 3.34. The first-order chi connectivity index (χ1) is 6.70. The zero-order chi connectivity index (χ0) is 10.1. The highest BCUT2D eigenvalue weighted by molar-refractivity contribution is 9.10. The normalized spacial score (nSPS) is 10.4. The summed E-state index contributed by atoms with van der Waals surface area (Å²) >= 11 is 3.35. The van der Waals surface area contributed by atoms with Crippen LogP contribution in [0.4, 0.5) is 0 Å². The minimum absolute atomic E-state index is 0.234. The maximum atomic E-state index is 9.09. The molecule has 5 heteroatoms. The molecule has 1 aromatic heterocycles. The smallest absolute Gasteiger partial charge is 0.314 e. The number of aromatic nitrogens is 2. The molecule has 1 N–H and O–H groups in total. The van der Waals surface area contributed by atoms with Crippen LogP contribution < -0.4 is 4.74 Å². The Morgan fingerprint density at radius 3 is 2.93 bits per heavy atom. The van der Waals surface area contributed by atoms with Crippen LogP contribution in [0.25, 0.3) is 10.9 Å². The van der Waals surface area contributed by atoms with E-state index in [2.05, 4.69) is 25.9 Å². The predicted molar refractivity (Wildman–Crippen MR) is 55.5 cm³/mol. The average Bonchev–Trinajstić information content (AvgIpc) is 2.17. The van der Waals surface area contributed by atoms with Gasteiger partial charge in [-0.1, -0.05) is 0 Å². The molecule has 0 fully saturated rings. The number of hydrogen-bond donors (Lipinski definition) is 1. The number of benzene rings is 1. The van der Waals surface area contributed by atoms with Gasteiger partial charge in [0.25, 0.3) is 0 Å². The number of fused-ring (bicyclic) bond motifs is 1. The molecule has 2 aromatic rings. The van der Waals surface area contributed by atoms with Crippen LogP contribution in [0.2, 0.25) is 0 Å². The molecule has 0 bridgehead atoms. The van der Waals surface area contributed by atoms with Gasteiger partial charge >= 0.3 is 6.01 Å². The third kappa shape index (κ3) is 1.50. The number of halogens is 1. The van der Waals surface area contributed by atoms with E-state index < -0.39 is 0 Å². The molecule has 0 saturated heterocycles. The van der Waals surface area contributed by atoms with Crippen LogP contribution in [-0.2, 0) is 0 Å². The first-order valence-electron chi connectivity index (χ1n) is 3.90. The Hall–Kier alpha value is -1.36. The van der Waals surface area contributed by atoms with E-state index in [0.29, 0.717) is 11.3 Å². The van der Waals surface area contributed by atoms with Crippen molar-refractivity contribution in [2.75, 3.05) is 7.11 Å². The molecule has 0 amide bonds. The van der Waals surface area contributed by atoms with Gasteiger partial charge in [0.1, 0.15) is 5.75 Å². The highest BCUT2D eigenvalue weighted by Gasteiger charge is 2.04. The molecule has 1 aromatic carbocycles. The first kappa shape index (κ1) is 9.21. The average molecular weight is 255 g/mol. The largest absolute Gasteiger partial charge is 0.495 e. The van der Waals surface area contributed by atoms with Crippen molar-refractivity contribution in [3.05, 3.63) is 22.8 Å². The van der Waals surface area contributed by atoms with Gasteiger partial charge in [-0.25, -0.2) is 4.98 Å². The van der Waals surface area contributed by atoms with Gasteiger partial charge in [-0.3, -0.25) is 0 Å². The lowest BCUT2D eigenvalue weighted by Crippen LogP contribution is -1.88. The summed E-state index contributed by atoms with van der Waals surface area (Å²) in [5.74, 6) is 0.676. The molecule has 0 unspecified atom stereocenters. The van der Waals surface area contributed by atoms with E-state index in [1.807, 2.05) is 6.07 Å². The van der Waals surface area contributed by atoms with Gasteiger partial charge in [0.05, 0.1) is 17.1 Å². The van der Waals surface area contributed by atoms with Crippen molar-refractivity contribution < 1.29 is 9.84 Å². The van der Waals surface area contributed by atoms with E-state index in [1.54, 1.807) is 19.4 Å². The fourth-order valence-corrected chi connectivity index (χ4v) is 1.70. The Labute approximate surface area is 88.7 Å². The summed E-state index contributed by atoms with van der Waals surface area (Å²) in [6.45, 7) is 0. The van der Waals surface area contributed by atoms with E-state index in [-0.39, 0.29) is 6.01 Å². The van der Waals surface area contributed by atoms with Gasteiger partial charge in [0.15, 0.2) is 0 Å². The van der Waals surface area contributed by atoms with Gasteiger partial charge < -0.3 is 9.84 Å². The Morgan fingerprint density at radius 2 is 2.21 bits per heavy atom. The number of aromatic hydroxyl groups is 1. The standard InChI is InChI=1S/C9H7BrN2O2/c1-14-8-3-7-5(2-6(8)10)4-11-9(13)12-7/h2-4H,1H3,(H,11,12,13). The molecule has 72 valence electrons.